The molecule has 0 unspecified atom stereocenters. The molecule has 6 rings (SSSR count). The average Bonchev–Trinajstić information content (AvgIpc) is 3.32. The van der Waals surface area contributed by atoms with E-state index in [0.29, 0.717) is 35.5 Å². The van der Waals surface area contributed by atoms with E-state index in [9.17, 15) is 4.57 Å². The van der Waals surface area contributed by atoms with Crippen LogP contribution in [0, 0.1) is 0 Å². The Morgan fingerprint density at radius 1 is 0.400 bits per heavy atom. The summed E-state index contributed by atoms with van der Waals surface area (Å²) in [5.41, 5.74) is 0. The van der Waals surface area contributed by atoms with Crippen LogP contribution >= 0.6 is 23.2 Å². The molecule has 0 aliphatic heterocycles. The summed E-state index contributed by atoms with van der Waals surface area (Å²) in [6.07, 6.45) is 0.360. The maximum atomic E-state index is 15.6. The topological polar surface area (TPSA) is 153 Å². The van der Waals surface area contributed by atoms with Gasteiger partial charge in [0.05, 0.1) is 0 Å². The number of hydrogen-bond acceptors (Lipinski definition) is 12. The molecule has 0 aromatic heterocycles. The van der Waals surface area contributed by atoms with Gasteiger partial charge in [0.25, 0.3) is 0 Å². The molecule has 0 spiro atoms. The lowest BCUT2D eigenvalue weighted by molar-refractivity contribution is 0.122. The molecule has 0 amide bonds. The van der Waals surface area contributed by atoms with Gasteiger partial charge in [0, 0.05) is 60.1 Å². The molecule has 344 valence electrons. The molecule has 6 aromatic rings. The van der Waals surface area contributed by atoms with Gasteiger partial charge in [-0.25, -0.2) is 13.7 Å². The Labute approximate surface area is 382 Å². The van der Waals surface area contributed by atoms with Crippen molar-refractivity contribution < 1.29 is 54.1 Å². The zero-order chi connectivity index (χ0) is 45.9. The van der Waals surface area contributed by atoms with Gasteiger partial charge < -0.3 is 40.4 Å². The predicted octanol–water partition coefficient (Wildman–Crippen LogP) is 11.2. The molecule has 0 bridgehead atoms. The van der Waals surface area contributed by atoms with E-state index in [-0.39, 0.29) is 44.2 Å². The van der Waals surface area contributed by atoms with Crippen LogP contribution < -0.4 is 32.2 Å². The van der Waals surface area contributed by atoms with Gasteiger partial charge in [-0.1, -0.05) is 109 Å². The second-order valence-electron chi connectivity index (χ2n) is 14.1. The van der Waals surface area contributed by atoms with Gasteiger partial charge in [-0.2, -0.15) is 14.4 Å². The first-order valence-corrected chi connectivity index (χ1v) is 27.2. The maximum absolute atomic E-state index is 15.6. The van der Waals surface area contributed by atoms with Crippen molar-refractivity contribution in [3.8, 4) is 34.5 Å². The molecule has 65 heavy (non-hydrogen) atoms. The quantitative estimate of drug-likeness (QED) is 0.0366. The maximum Gasteiger partial charge on any atom is 0.515 e. The minimum atomic E-state index is -4.43. The Morgan fingerprint density at radius 3 is 0.969 bits per heavy atom. The van der Waals surface area contributed by atoms with Crippen molar-refractivity contribution in [1.29, 1.82) is 0 Å². The van der Waals surface area contributed by atoms with Crippen molar-refractivity contribution in [3.63, 3.8) is 0 Å². The van der Waals surface area contributed by atoms with Crippen molar-refractivity contribution >= 4 is 32.0 Å². The van der Waals surface area contributed by atoms with E-state index >= 15 is 9.13 Å². The molecule has 0 aliphatic carbocycles. The number of nitrogens with one attached hydrogen (secondary N) is 1. The smallest absolute Gasteiger partial charge is 0.405 e. The summed E-state index contributed by atoms with van der Waals surface area (Å²) < 4.78 is 103. The number of hydrogen-bond donors (Lipinski definition) is 1. The van der Waals surface area contributed by atoms with Crippen LogP contribution in [0.25, 0.3) is 0 Å². The second-order valence-corrected chi connectivity index (χ2v) is 22.6. The lowest BCUT2D eigenvalue weighted by Crippen LogP contribution is -2.43. The van der Waals surface area contributed by atoms with E-state index in [1.807, 2.05) is 12.1 Å². The highest BCUT2D eigenvalue weighted by atomic mass is 31.2. The summed E-state index contributed by atoms with van der Waals surface area (Å²) >= 11 is 0. The predicted molar refractivity (Wildman–Crippen MR) is 253 cm³/mol. The van der Waals surface area contributed by atoms with Gasteiger partial charge in [0.2, 0.25) is 0 Å². The fourth-order valence-electron chi connectivity index (χ4n) is 6.34. The van der Waals surface area contributed by atoms with E-state index in [2.05, 4.69) is 5.09 Å². The summed E-state index contributed by atoms with van der Waals surface area (Å²) in [6.45, 7) is -0.343. The second kappa shape index (κ2) is 24.4. The molecule has 19 heteroatoms. The Bertz CT molecular complexity index is 2290. The summed E-state index contributed by atoms with van der Waals surface area (Å²) in [7, 11) is -11.4. The summed E-state index contributed by atoms with van der Waals surface area (Å²) in [6, 6.07) is 52.2. The van der Waals surface area contributed by atoms with Crippen molar-refractivity contribution in [2.45, 2.75) is 12.5 Å². The van der Waals surface area contributed by atoms with Gasteiger partial charge >= 0.3 is 32.0 Å². The fourth-order valence-corrected chi connectivity index (χ4v) is 12.9. The van der Waals surface area contributed by atoms with Gasteiger partial charge in [0.15, 0.2) is 0 Å². The lowest BCUT2D eigenvalue weighted by atomic mass is 10.3. The van der Waals surface area contributed by atoms with Gasteiger partial charge in [0.1, 0.15) is 34.5 Å². The van der Waals surface area contributed by atoms with Crippen LogP contribution in [0.15, 0.2) is 182 Å². The van der Waals surface area contributed by atoms with Crippen LogP contribution in [0.5, 0.6) is 34.5 Å². The minimum Gasteiger partial charge on any atom is -0.405 e. The SMILES string of the molecule is CO[Si](CCCN(CCN(CCNP(=O)(Oc1ccccc1)Oc1ccccc1)P(=O)(Oc1ccccc1)Oc1ccccc1)P(=O)(Oc1ccccc1)Oc1ccccc1)(OC)OC. The first-order valence-electron chi connectivity index (χ1n) is 20.8. The van der Waals surface area contributed by atoms with Crippen LogP contribution in [0.3, 0.4) is 0 Å². The van der Waals surface area contributed by atoms with E-state index in [1.165, 1.54) is 26.0 Å². The fraction of sp³-hybridized carbons (Fsp3) is 0.217. The minimum absolute atomic E-state index is 0.0859. The molecule has 15 nitrogen and oxygen atoms in total. The van der Waals surface area contributed by atoms with E-state index in [1.54, 1.807) is 175 Å². The zero-order valence-electron chi connectivity index (χ0n) is 36.4. The highest BCUT2D eigenvalue weighted by molar-refractivity contribution is 7.53. The molecule has 6 aromatic carbocycles. The summed E-state index contributed by atoms with van der Waals surface area (Å²) in [4.78, 5) is 0. The van der Waals surface area contributed by atoms with Crippen LogP contribution in [-0.4, -0.2) is 72.2 Å². The number of benzene rings is 6. The number of para-hydroxylation sites is 6. The Morgan fingerprint density at radius 2 is 0.677 bits per heavy atom. The monoisotopic (exact) mass is 961 g/mol. The Balaban J connectivity index is 1.38. The third-order valence-electron chi connectivity index (χ3n) is 9.61. The molecule has 0 saturated carbocycles. The highest BCUT2D eigenvalue weighted by Gasteiger charge is 2.43. The van der Waals surface area contributed by atoms with Crippen LogP contribution in [0.2, 0.25) is 6.04 Å². The first kappa shape index (κ1) is 49.2. The van der Waals surface area contributed by atoms with Crippen molar-refractivity contribution in [3.05, 3.63) is 182 Å². The standard InChI is InChI=1S/C46H54N3O12P3Si/c1-53-65(54-2,55-3)40-22-36-48(63(51,58-43-27-14-6-15-28-43)59-44-29-16-7-17-30-44)38-39-49(64(52,60-45-31-18-8-19-32-45)61-46-33-20-9-21-34-46)37-35-47-62(50,56-41-23-10-4-11-24-41)57-42-25-12-5-13-26-42/h4-21,23-34H,22,35-40H2,1-3H3,(H,47,50). The summed E-state index contributed by atoms with van der Waals surface area (Å²) in [5, 5.41) is 2.96. The number of rotatable bonds is 28. The molecule has 0 atom stereocenters. The van der Waals surface area contributed by atoms with Crippen molar-refractivity contribution in [2.24, 2.45) is 0 Å². The third kappa shape index (κ3) is 14.9. The Hall–Kier alpha value is -5.21. The molecule has 0 fully saturated rings. The highest BCUT2D eigenvalue weighted by Crippen LogP contribution is 2.55. The van der Waals surface area contributed by atoms with Crippen molar-refractivity contribution in [2.75, 3.05) is 54.1 Å². The van der Waals surface area contributed by atoms with Gasteiger partial charge in [-0.15, -0.1) is 0 Å². The molecular formula is C46H54N3O12P3Si. The van der Waals surface area contributed by atoms with E-state index in [4.69, 9.17) is 40.4 Å². The zero-order valence-corrected chi connectivity index (χ0v) is 40.1. The third-order valence-corrected chi connectivity index (χ3v) is 17.9. The van der Waals surface area contributed by atoms with Crippen LogP contribution in [0.1, 0.15) is 6.42 Å². The van der Waals surface area contributed by atoms with Gasteiger partial charge in [-0.05, 0) is 79.2 Å². The molecular weight excluding hydrogens is 908 g/mol. The van der Waals surface area contributed by atoms with Crippen LogP contribution in [-0.2, 0) is 27.0 Å². The van der Waals surface area contributed by atoms with Crippen LogP contribution in [0.4, 0.5) is 0 Å². The molecule has 0 saturated heterocycles. The Kier molecular flexibility index (Phi) is 18.4. The molecule has 1 N–H and O–H groups in total. The number of nitrogens with zero attached hydrogens (tertiary/aromatic N) is 2. The first-order chi connectivity index (χ1) is 31.6. The molecule has 0 heterocycles. The lowest BCUT2D eigenvalue weighted by Gasteiger charge is -2.34. The normalized spacial score (nSPS) is 12.1. The average molecular weight is 962 g/mol. The summed E-state index contributed by atoms with van der Waals surface area (Å²) in [5.74, 6) is 1.71. The molecule has 0 aliphatic rings. The van der Waals surface area contributed by atoms with E-state index < -0.39 is 32.0 Å². The molecule has 0 radical (unpaired) electrons. The largest absolute Gasteiger partial charge is 0.515 e. The van der Waals surface area contributed by atoms with Crippen molar-refractivity contribution in [1.82, 2.24) is 14.4 Å². The van der Waals surface area contributed by atoms with E-state index in [0.717, 1.165) is 0 Å². The van der Waals surface area contributed by atoms with Gasteiger partial charge in [-0.3, -0.25) is 0 Å².